The van der Waals surface area contributed by atoms with Crippen molar-refractivity contribution < 1.29 is 4.79 Å². The van der Waals surface area contributed by atoms with Gasteiger partial charge in [0.05, 0.1) is 6.04 Å². The Morgan fingerprint density at radius 1 is 1.08 bits per heavy atom. The number of amides is 1. The summed E-state index contributed by atoms with van der Waals surface area (Å²) in [4.78, 5) is 17.2. The first kappa shape index (κ1) is 19.4. The van der Waals surface area contributed by atoms with Crippen LogP contribution in [0.1, 0.15) is 56.2 Å². The van der Waals surface area contributed by atoms with Crippen LogP contribution in [0, 0.1) is 0 Å². The lowest BCUT2D eigenvalue weighted by molar-refractivity contribution is -0.140. The Morgan fingerprint density at radius 3 is 2.35 bits per heavy atom. The minimum atomic E-state index is -0.419. The quantitative estimate of drug-likeness (QED) is 0.852. The van der Waals surface area contributed by atoms with Crippen LogP contribution in [0.4, 0.5) is 0 Å². The summed E-state index contributed by atoms with van der Waals surface area (Å²) in [6.45, 7) is 8.49. The lowest BCUT2D eigenvalue weighted by Crippen LogP contribution is -2.63. The average molecular weight is 358 g/mol. The van der Waals surface area contributed by atoms with E-state index < -0.39 is 6.04 Å². The predicted octanol–water partition coefficient (Wildman–Crippen LogP) is 2.77. The Labute approximate surface area is 158 Å². The van der Waals surface area contributed by atoms with Gasteiger partial charge in [-0.2, -0.15) is 0 Å². The second kappa shape index (κ2) is 9.01. The van der Waals surface area contributed by atoms with Gasteiger partial charge in [-0.25, -0.2) is 0 Å². The van der Waals surface area contributed by atoms with E-state index in [1.807, 2.05) is 4.90 Å². The molecule has 4 nitrogen and oxygen atoms in total. The van der Waals surface area contributed by atoms with Gasteiger partial charge in [-0.3, -0.25) is 9.69 Å². The first-order valence-electron chi connectivity index (χ1n) is 10.5. The molecule has 1 atom stereocenters. The Bertz CT molecular complexity index is 601. The second-order valence-electron chi connectivity index (χ2n) is 7.97. The van der Waals surface area contributed by atoms with Gasteiger partial charge < -0.3 is 10.6 Å². The SMILES string of the molecule is CCc1ccc(C[C@@H](N)C(=O)N2CC(N3CCCCCC3)C2)cc1CC. The fraction of sp³-hybridized carbons (Fsp3) is 0.682. The molecule has 26 heavy (non-hydrogen) atoms. The van der Waals surface area contributed by atoms with Crippen LogP contribution in [-0.4, -0.2) is 54.0 Å². The number of hydrogen-bond donors (Lipinski definition) is 1. The molecule has 0 spiro atoms. The van der Waals surface area contributed by atoms with Gasteiger partial charge in [-0.15, -0.1) is 0 Å². The summed E-state index contributed by atoms with van der Waals surface area (Å²) in [5.74, 6) is 0.119. The summed E-state index contributed by atoms with van der Waals surface area (Å²) < 4.78 is 0. The molecule has 2 heterocycles. The zero-order chi connectivity index (χ0) is 18.5. The maximum Gasteiger partial charge on any atom is 0.239 e. The normalized spacial score (nSPS) is 20.5. The van der Waals surface area contributed by atoms with E-state index in [2.05, 4.69) is 36.9 Å². The maximum absolute atomic E-state index is 12.7. The van der Waals surface area contributed by atoms with E-state index in [-0.39, 0.29) is 5.91 Å². The number of carbonyl (C=O) groups is 1. The van der Waals surface area contributed by atoms with Crippen molar-refractivity contribution in [1.82, 2.24) is 9.80 Å². The van der Waals surface area contributed by atoms with Crippen molar-refractivity contribution in [2.75, 3.05) is 26.2 Å². The molecule has 3 rings (SSSR count). The van der Waals surface area contributed by atoms with Crippen LogP contribution in [0.3, 0.4) is 0 Å². The van der Waals surface area contributed by atoms with Crippen molar-refractivity contribution in [2.45, 2.75) is 70.9 Å². The van der Waals surface area contributed by atoms with E-state index in [9.17, 15) is 4.79 Å². The molecule has 2 aliphatic heterocycles. The fourth-order valence-corrected chi connectivity index (χ4v) is 4.38. The smallest absolute Gasteiger partial charge is 0.239 e. The monoisotopic (exact) mass is 357 g/mol. The lowest BCUT2D eigenvalue weighted by Gasteiger charge is -2.46. The van der Waals surface area contributed by atoms with E-state index >= 15 is 0 Å². The highest BCUT2D eigenvalue weighted by molar-refractivity contribution is 5.82. The Kier molecular flexibility index (Phi) is 6.71. The second-order valence-corrected chi connectivity index (χ2v) is 7.97. The van der Waals surface area contributed by atoms with Crippen molar-refractivity contribution in [3.05, 3.63) is 34.9 Å². The molecule has 2 N–H and O–H groups in total. The van der Waals surface area contributed by atoms with Crippen molar-refractivity contribution in [3.8, 4) is 0 Å². The number of hydrogen-bond acceptors (Lipinski definition) is 3. The zero-order valence-corrected chi connectivity index (χ0v) is 16.5. The Balaban J connectivity index is 1.51. The minimum absolute atomic E-state index is 0.119. The molecule has 0 unspecified atom stereocenters. The van der Waals surface area contributed by atoms with Gasteiger partial charge in [0.1, 0.15) is 0 Å². The molecule has 1 amide bonds. The highest BCUT2D eigenvalue weighted by Crippen LogP contribution is 2.21. The number of likely N-dealkylation sites (tertiary alicyclic amines) is 2. The lowest BCUT2D eigenvalue weighted by atomic mass is 9.96. The van der Waals surface area contributed by atoms with Crippen molar-refractivity contribution in [2.24, 2.45) is 5.73 Å². The van der Waals surface area contributed by atoms with Crippen LogP contribution in [0.15, 0.2) is 18.2 Å². The topological polar surface area (TPSA) is 49.6 Å². The summed E-state index contributed by atoms with van der Waals surface area (Å²) in [6, 6.07) is 6.71. The van der Waals surface area contributed by atoms with Gasteiger partial charge >= 0.3 is 0 Å². The minimum Gasteiger partial charge on any atom is -0.338 e. The van der Waals surface area contributed by atoms with Crippen LogP contribution in [0.25, 0.3) is 0 Å². The number of nitrogens with two attached hydrogens (primary N) is 1. The fourth-order valence-electron chi connectivity index (χ4n) is 4.38. The molecule has 1 aromatic rings. The first-order chi connectivity index (χ1) is 12.6. The molecule has 0 aliphatic carbocycles. The van der Waals surface area contributed by atoms with E-state index in [0.29, 0.717) is 12.5 Å². The molecule has 0 saturated carbocycles. The standard InChI is InChI=1S/C22H35N3O/c1-3-18-10-9-17(13-19(18)4-2)14-21(23)22(26)25-15-20(16-25)24-11-7-5-6-8-12-24/h9-10,13,20-21H,3-8,11-12,14-16,23H2,1-2H3/t21-/m1/s1. The van der Waals surface area contributed by atoms with Crippen LogP contribution in [0.5, 0.6) is 0 Å². The molecule has 1 aromatic carbocycles. The molecule has 2 saturated heterocycles. The molecule has 0 radical (unpaired) electrons. The summed E-state index contributed by atoms with van der Waals surface area (Å²) in [7, 11) is 0. The largest absolute Gasteiger partial charge is 0.338 e. The number of aryl methyl sites for hydroxylation is 2. The van der Waals surface area contributed by atoms with Crippen molar-refractivity contribution in [1.29, 1.82) is 0 Å². The summed E-state index contributed by atoms with van der Waals surface area (Å²) in [5, 5.41) is 0. The average Bonchev–Trinajstić information content (AvgIpc) is 2.89. The Morgan fingerprint density at radius 2 is 1.73 bits per heavy atom. The van der Waals surface area contributed by atoms with Crippen LogP contribution < -0.4 is 5.73 Å². The summed E-state index contributed by atoms with van der Waals surface area (Å²) in [6.07, 6.45) is 8.04. The molecule has 4 heteroatoms. The summed E-state index contributed by atoms with van der Waals surface area (Å²) >= 11 is 0. The highest BCUT2D eigenvalue weighted by atomic mass is 16.2. The van der Waals surface area contributed by atoms with Gasteiger partial charge in [0, 0.05) is 19.1 Å². The molecular formula is C22H35N3O. The third-order valence-electron chi connectivity index (χ3n) is 6.14. The van der Waals surface area contributed by atoms with Crippen molar-refractivity contribution >= 4 is 5.91 Å². The third kappa shape index (κ3) is 4.47. The third-order valence-corrected chi connectivity index (χ3v) is 6.14. The van der Waals surface area contributed by atoms with Gasteiger partial charge in [0.2, 0.25) is 5.91 Å². The van der Waals surface area contributed by atoms with Gasteiger partial charge in [0.25, 0.3) is 0 Å². The van der Waals surface area contributed by atoms with E-state index in [1.54, 1.807) is 0 Å². The van der Waals surface area contributed by atoms with E-state index in [1.165, 1.54) is 55.5 Å². The van der Waals surface area contributed by atoms with E-state index in [0.717, 1.165) is 25.9 Å². The molecule has 2 aliphatic rings. The molecule has 0 bridgehead atoms. The highest BCUT2D eigenvalue weighted by Gasteiger charge is 2.36. The Hall–Kier alpha value is -1.39. The molecular weight excluding hydrogens is 322 g/mol. The van der Waals surface area contributed by atoms with Gasteiger partial charge in [-0.05, 0) is 61.9 Å². The van der Waals surface area contributed by atoms with Gasteiger partial charge in [0.15, 0.2) is 0 Å². The molecule has 144 valence electrons. The number of benzene rings is 1. The molecule has 0 aromatic heterocycles. The number of rotatable bonds is 6. The molecule has 2 fully saturated rings. The van der Waals surface area contributed by atoms with Gasteiger partial charge in [-0.1, -0.05) is 44.9 Å². The van der Waals surface area contributed by atoms with Crippen LogP contribution in [0.2, 0.25) is 0 Å². The predicted molar refractivity (Wildman–Crippen MR) is 107 cm³/mol. The number of carbonyl (C=O) groups excluding carboxylic acids is 1. The van der Waals surface area contributed by atoms with E-state index in [4.69, 9.17) is 5.73 Å². The first-order valence-corrected chi connectivity index (χ1v) is 10.5. The maximum atomic E-state index is 12.7. The van der Waals surface area contributed by atoms with Crippen LogP contribution in [-0.2, 0) is 24.1 Å². The van der Waals surface area contributed by atoms with Crippen molar-refractivity contribution in [3.63, 3.8) is 0 Å². The summed E-state index contributed by atoms with van der Waals surface area (Å²) in [5.41, 5.74) is 10.2. The zero-order valence-electron chi connectivity index (χ0n) is 16.5. The number of nitrogens with zero attached hydrogens (tertiary/aromatic N) is 2. The van der Waals surface area contributed by atoms with Crippen LogP contribution >= 0.6 is 0 Å².